The molecule has 5 fully saturated rings. The number of rotatable bonds is 16. The van der Waals surface area contributed by atoms with Crippen molar-refractivity contribution in [2.45, 2.75) is 191 Å². The van der Waals surface area contributed by atoms with E-state index in [4.69, 9.17) is 0 Å². The predicted octanol–water partition coefficient (Wildman–Crippen LogP) is 5.33. The molecule has 6 amide bonds. The summed E-state index contributed by atoms with van der Waals surface area (Å²) in [7, 11) is 3.49. The fraction of sp³-hybridized carbons (Fsp3) is 0.690. The zero-order valence-corrected chi connectivity index (χ0v) is 44.9. The molecule has 2 saturated carbocycles. The van der Waals surface area contributed by atoms with Crippen molar-refractivity contribution in [3.8, 4) is 0 Å². The lowest BCUT2D eigenvalue weighted by molar-refractivity contribution is -0.143. The molecule has 7 aliphatic rings. The average Bonchev–Trinajstić information content (AvgIpc) is 4.15. The number of hydrogen-bond acceptors (Lipinski definition) is 10. The number of likely N-dealkylation sites (N-methyl/N-ethyl adjacent to an activating group) is 2. The Kier molecular flexibility index (Phi) is 17.8. The van der Waals surface area contributed by atoms with Gasteiger partial charge in [0.25, 0.3) is 0 Å². The average molecular weight is 1020 g/mol. The van der Waals surface area contributed by atoms with E-state index in [-0.39, 0.29) is 59.4 Å². The van der Waals surface area contributed by atoms with Crippen molar-refractivity contribution in [3.05, 3.63) is 58.7 Å². The third-order valence-electron chi connectivity index (χ3n) is 18.2. The second kappa shape index (κ2) is 24.6. The number of carbonyl (C=O) groups excluding carboxylic acids is 6. The van der Waals surface area contributed by atoms with Crippen LogP contribution in [0.15, 0.2) is 36.4 Å². The van der Waals surface area contributed by atoms with Gasteiger partial charge < -0.3 is 51.5 Å². The van der Waals surface area contributed by atoms with Gasteiger partial charge in [0, 0.05) is 50.6 Å². The summed E-state index contributed by atoms with van der Waals surface area (Å²) < 4.78 is 0. The Hall–Kier alpha value is -5.22. The number of amides is 6. The van der Waals surface area contributed by atoms with Crippen LogP contribution in [-0.4, -0.2) is 135 Å². The monoisotopic (exact) mass is 1020 g/mol. The number of fused-ring (bicyclic) bond motifs is 2. The number of anilines is 2. The second-order valence-corrected chi connectivity index (χ2v) is 22.8. The molecule has 0 bridgehead atoms. The van der Waals surface area contributed by atoms with Gasteiger partial charge in [0.1, 0.15) is 24.2 Å². The minimum absolute atomic E-state index is 0.0764. The predicted molar refractivity (Wildman–Crippen MR) is 288 cm³/mol. The van der Waals surface area contributed by atoms with Crippen molar-refractivity contribution < 1.29 is 28.8 Å². The Balaban J connectivity index is 0.791. The van der Waals surface area contributed by atoms with Crippen molar-refractivity contribution in [2.24, 2.45) is 11.8 Å². The number of nitrogens with one attached hydrogen (secondary N) is 6. The van der Waals surface area contributed by atoms with Crippen LogP contribution in [0.1, 0.15) is 164 Å². The Labute approximate surface area is 440 Å². The molecule has 6 N–H and O–H groups in total. The van der Waals surface area contributed by atoms with E-state index in [1.165, 1.54) is 22.5 Å². The first-order valence-electron chi connectivity index (χ1n) is 28.8. The first kappa shape index (κ1) is 53.6. The van der Waals surface area contributed by atoms with Crippen molar-refractivity contribution in [1.29, 1.82) is 0 Å². The molecule has 4 unspecified atom stereocenters. The lowest BCUT2D eigenvalue weighted by Crippen LogP contribution is -2.58. The van der Waals surface area contributed by atoms with Crippen molar-refractivity contribution >= 4 is 46.8 Å². The van der Waals surface area contributed by atoms with E-state index in [1.807, 2.05) is 0 Å². The number of likely N-dealkylation sites (tertiary alicyclic amines) is 2. The first-order valence-corrected chi connectivity index (χ1v) is 28.8. The standard InChI is InChI=1S/C58H86N10O6/c1-37(59-3)53(69)63-51(39-15-7-5-8-16-39)57(73)67-29-13-23-49(67)55(71)61-47-21-11-19-41-35-43(25-27-45(41)47)65-31-33-66(34-32-65)44-26-28-46-42(36-44)20-12-22-48(46)62-56(72)50-24-14-30-68(50)58(74)52(40-17-9-6-10-18-40)64-54(70)38(2)60-4/h25-28,35-40,47-52,59-60H,5-24,29-34H2,1-4H3,(H,61,71)(H,62,72)(H,63,69)(H,64,70)/t37?,38?,47-,48-,49+,50+,51?,52?/m1/s1. The van der Waals surface area contributed by atoms with Crippen LogP contribution in [0, 0.1) is 11.8 Å². The topological polar surface area (TPSA) is 188 Å². The van der Waals surface area contributed by atoms with Crippen molar-refractivity contribution in [3.63, 3.8) is 0 Å². The van der Waals surface area contributed by atoms with E-state index >= 15 is 0 Å². The minimum atomic E-state index is -0.620. The molecule has 2 aromatic rings. The summed E-state index contributed by atoms with van der Waals surface area (Å²) in [5, 5.41) is 19.0. The van der Waals surface area contributed by atoms with Crippen molar-refractivity contribution in [2.75, 3.05) is 63.2 Å². The molecule has 8 atom stereocenters. The molecule has 3 heterocycles. The van der Waals surface area contributed by atoms with E-state index in [2.05, 4.69) is 78.1 Å². The molecule has 0 aromatic heterocycles. The summed E-state index contributed by atoms with van der Waals surface area (Å²) in [6.45, 7) is 8.18. The number of hydrogen-bond donors (Lipinski definition) is 6. The van der Waals surface area contributed by atoms with Crippen LogP contribution >= 0.6 is 0 Å². The summed E-state index contributed by atoms with van der Waals surface area (Å²) in [5.41, 5.74) is 7.28. The zero-order chi connectivity index (χ0) is 51.9. The van der Waals surface area contributed by atoms with Crippen LogP contribution in [0.25, 0.3) is 0 Å². The molecule has 2 aromatic carbocycles. The number of carbonyl (C=O) groups is 6. The number of benzene rings is 2. The highest BCUT2D eigenvalue weighted by Crippen LogP contribution is 2.37. The number of aryl methyl sites for hydroxylation is 2. The van der Waals surface area contributed by atoms with Crippen LogP contribution in [0.2, 0.25) is 0 Å². The van der Waals surface area contributed by atoms with Gasteiger partial charge in [-0.3, -0.25) is 28.8 Å². The number of piperazine rings is 1. The summed E-state index contributed by atoms with van der Waals surface area (Å²) in [5.74, 6) is -0.645. The van der Waals surface area contributed by atoms with Crippen LogP contribution in [-0.2, 0) is 41.6 Å². The lowest BCUT2D eigenvalue weighted by atomic mass is 9.83. The molecule has 0 radical (unpaired) electrons. The Morgan fingerprint density at radius 2 is 0.865 bits per heavy atom. The van der Waals surface area contributed by atoms with Gasteiger partial charge in [0.15, 0.2) is 0 Å². The SMILES string of the molecule is CNC(C)C(=O)NC(C(=O)N1CCC[C@H]1C(=O)N[C@@H]1CCCc2cc(N3CCN(c4ccc5c(c4)CCC[C@H]5NC(=O)[C@@H]4CCCN4C(=O)C(NC(=O)C(C)NC)C4CCCCC4)CC3)ccc21)C1CCCCC1. The first-order chi connectivity index (χ1) is 35.9. The van der Waals surface area contributed by atoms with Crippen LogP contribution in [0.3, 0.4) is 0 Å². The molecule has 3 aliphatic heterocycles. The molecule has 404 valence electrons. The van der Waals surface area contributed by atoms with Gasteiger partial charge in [-0.05, 0) is 176 Å². The maximum atomic E-state index is 14.3. The largest absolute Gasteiger partial charge is 0.368 e. The van der Waals surface area contributed by atoms with E-state index < -0.39 is 36.3 Å². The molecule has 16 heteroatoms. The smallest absolute Gasteiger partial charge is 0.246 e. The third kappa shape index (κ3) is 12.1. The maximum Gasteiger partial charge on any atom is 0.246 e. The quantitative estimate of drug-likeness (QED) is 0.128. The van der Waals surface area contributed by atoms with E-state index in [1.54, 1.807) is 37.7 Å². The van der Waals surface area contributed by atoms with E-state index in [0.29, 0.717) is 25.9 Å². The summed E-state index contributed by atoms with van der Waals surface area (Å²) in [6, 6.07) is 10.1. The molecular formula is C58H86N10O6. The fourth-order valence-corrected chi connectivity index (χ4v) is 13.5. The molecule has 3 saturated heterocycles. The van der Waals surface area contributed by atoms with E-state index in [0.717, 1.165) is 153 Å². The molecule has 74 heavy (non-hydrogen) atoms. The van der Waals surface area contributed by atoms with Gasteiger partial charge in [0.05, 0.1) is 24.2 Å². The minimum Gasteiger partial charge on any atom is -0.368 e. The van der Waals surface area contributed by atoms with Gasteiger partial charge in [0.2, 0.25) is 35.4 Å². The van der Waals surface area contributed by atoms with Gasteiger partial charge >= 0.3 is 0 Å². The lowest BCUT2D eigenvalue weighted by Gasteiger charge is -2.39. The Bertz CT molecular complexity index is 2170. The van der Waals surface area contributed by atoms with Gasteiger partial charge in [-0.1, -0.05) is 50.7 Å². The summed E-state index contributed by atoms with van der Waals surface area (Å²) in [4.78, 5) is 91.5. The van der Waals surface area contributed by atoms with Crippen LogP contribution in [0.4, 0.5) is 11.4 Å². The highest BCUT2D eigenvalue weighted by molar-refractivity contribution is 5.95. The highest BCUT2D eigenvalue weighted by atomic mass is 16.2. The maximum absolute atomic E-state index is 14.3. The molecule has 4 aliphatic carbocycles. The molecule has 9 rings (SSSR count). The van der Waals surface area contributed by atoms with Crippen LogP contribution in [0.5, 0.6) is 0 Å². The fourth-order valence-electron chi connectivity index (χ4n) is 13.5. The van der Waals surface area contributed by atoms with Crippen LogP contribution < -0.4 is 41.7 Å². The third-order valence-corrected chi connectivity index (χ3v) is 18.2. The zero-order valence-electron chi connectivity index (χ0n) is 44.9. The summed E-state index contributed by atoms with van der Waals surface area (Å²) >= 11 is 0. The Morgan fingerprint density at radius 3 is 1.24 bits per heavy atom. The second-order valence-electron chi connectivity index (χ2n) is 22.8. The highest BCUT2D eigenvalue weighted by Gasteiger charge is 2.44. The normalized spacial score (nSPS) is 25.2. The van der Waals surface area contributed by atoms with E-state index in [9.17, 15) is 28.8 Å². The number of nitrogens with zero attached hydrogens (tertiary/aromatic N) is 4. The van der Waals surface area contributed by atoms with Crippen molar-refractivity contribution in [1.82, 2.24) is 41.7 Å². The van der Waals surface area contributed by atoms with Gasteiger partial charge in [-0.2, -0.15) is 0 Å². The molecular weight excluding hydrogens is 933 g/mol. The van der Waals surface area contributed by atoms with Gasteiger partial charge in [-0.15, -0.1) is 0 Å². The summed E-state index contributed by atoms with van der Waals surface area (Å²) in [6.07, 6.45) is 18.5. The molecule has 16 nitrogen and oxygen atoms in total. The Morgan fingerprint density at radius 1 is 0.473 bits per heavy atom. The molecule has 0 spiro atoms. The van der Waals surface area contributed by atoms with Gasteiger partial charge in [-0.25, -0.2) is 0 Å².